The van der Waals surface area contributed by atoms with Gasteiger partial charge in [-0.15, -0.1) is 24.0 Å². The lowest BCUT2D eigenvalue weighted by molar-refractivity contribution is 0.379. The van der Waals surface area contributed by atoms with Crippen LogP contribution in [0, 0.1) is 0 Å². The Balaban J connectivity index is 0.00000400. The molecule has 0 aromatic carbocycles. The number of nitrogens with zero attached hydrogens (tertiary/aromatic N) is 2. The summed E-state index contributed by atoms with van der Waals surface area (Å²) < 4.78 is 5.23. The highest BCUT2D eigenvalue weighted by molar-refractivity contribution is 14.0. The van der Waals surface area contributed by atoms with Gasteiger partial charge >= 0.3 is 0 Å². The van der Waals surface area contributed by atoms with Crippen LogP contribution in [-0.4, -0.2) is 36.2 Å². The maximum Gasteiger partial charge on any atom is 0.191 e. The van der Waals surface area contributed by atoms with Crippen molar-refractivity contribution in [2.24, 2.45) is 4.99 Å². The molecule has 5 nitrogen and oxygen atoms in total. The molecule has 0 saturated heterocycles. The maximum absolute atomic E-state index is 5.23. The molecule has 0 bridgehead atoms. The SMILES string of the molecule is CCNC(=NCc1cc(CC)no1)NCCCCSC.I. The Kier molecular flexibility index (Phi) is 13.0. The van der Waals surface area contributed by atoms with Crippen molar-refractivity contribution in [2.75, 3.05) is 25.1 Å². The van der Waals surface area contributed by atoms with E-state index in [0.29, 0.717) is 6.54 Å². The van der Waals surface area contributed by atoms with Gasteiger partial charge in [0.1, 0.15) is 6.54 Å². The van der Waals surface area contributed by atoms with Crippen molar-refractivity contribution < 1.29 is 4.52 Å². The van der Waals surface area contributed by atoms with E-state index in [1.54, 1.807) is 0 Å². The van der Waals surface area contributed by atoms with Crippen LogP contribution in [0.15, 0.2) is 15.6 Å². The molecule has 0 saturated carbocycles. The normalized spacial score (nSPS) is 11.1. The minimum Gasteiger partial charge on any atom is -0.359 e. The Hall–Kier alpha value is -0.440. The maximum atomic E-state index is 5.23. The summed E-state index contributed by atoms with van der Waals surface area (Å²) in [5.41, 5.74) is 0.977. The van der Waals surface area contributed by atoms with Crippen LogP contribution in [0.2, 0.25) is 0 Å². The van der Waals surface area contributed by atoms with Gasteiger partial charge in [0.15, 0.2) is 11.7 Å². The van der Waals surface area contributed by atoms with Crippen molar-refractivity contribution >= 4 is 41.7 Å². The molecule has 1 aromatic rings. The largest absolute Gasteiger partial charge is 0.359 e. The number of hydrogen-bond acceptors (Lipinski definition) is 4. The number of hydrogen-bond donors (Lipinski definition) is 2. The molecule has 0 fully saturated rings. The second kappa shape index (κ2) is 13.2. The average molecular weight is 426 g/mol. The van der Waals surface area contributed by atoms with Crippen LogP contribution in [0.1, 0.15) is 38.1 Å². The third kappa shape index (κ3) is 9.23. The van der Waals surface area contributed by atoms with Crippen molar-refractivity contribution in [2.45, 2.75) is 39.7 Å². The van der Waals surface area contributed by atoms with Crippen LogP contribution < -0.4 is 10.6 Å². The van der Waals surface area contributed by atoms with Gasteiger partial charge in [-0.1, -0.05) is 12.1 Å². The fraction of sp³-hybridized carbons (Fsp3) is 0.714. The summed E-state index contributed by atoms with van der Waals surface area (Å²) in [6, 6.07) is 1.96. The summed E-state index contributed by atoms with van der Waals surface area (Å²) >= 11 is 1.89. The van der Waals surface area contributed by atoms with Crippen molar-refractivity contribution in [3.63, 3.8) is 0 Å². The third-order valence-electron chi connectivity index (χ3n) is 2.77. The first kappa shape index (κ1) is 20.6. The van der Waals surface area contributed by atoms with Gasteiger partial charge in [0.25, 0.3) is 0 Å². The van der Waals surface area contributed by atoms with Gasteiger partial charge in [-0.3, -0.25) is 0 Å². The molecule has 0 spiro atoms. The number of thioether (sulfide) groups is 1. The predicted molar refractivity (Wildman–Crippen MR) is 102 cm³/mol. The van der Waals surface area contributed by atoms with Crippen LogP contribution in [0.3, 0.4) is 0 Å². The monoisotopic (exact) mass is 426 g/mol. The summed E-state index contributed by atoms with van der Waals surface area (Å²) in [5, 5.41) is 10.5. The quantitative estimate of drug-likeness (QED) is 0.275. The fourth-order valence-electron chi connectivity index (χ4n) is 1.67. The first-order valence-corrected chi connectivity index (χ1v) is 8.65. The molecule has 122 valence electrons. The van der Waals surface area contributed by atoms with E-state index >= 15 is 0 Å². The van der Waals surface area contributed by atoms with Gasteiger partial charge in [0.2, 0.25) is 0 Å². The minimum atomic E-state index is 0. The van der Waals surface area contributed by atoms with Crippen LogP contribution in [-0.2, 0) is 13.0 Å². The molecule has 1 aromatic heterocycles. The highest BCUT2D eigenvalue weighted by Gasteiger charge is 2.02. The number of aryl methyl sites for hydroxylation is 1. The molecule has 0 amide bonds. The Morgan fingerprint density at radius 2 is 2.14 bits per heavy atom. The Morgan fingerprint density at radius 1 is 1.33 bits per heavy atom. The molecule has 0 aliphatic rings. The van der Waals surface area contributed by atoms with E-state index in [-0.39, 0.29) is 24.0 Å². The Morgan fingerprint density at radius 3 is 2.76 bits per heavy atom. The van der Waals surface area contributed by atoms with Gasteiger partial charge in [0, 0.05) is 19.2 Å². The van der Waals surface area contributed by atoms with E-state index in [9.17, 15) is 0 Å². The molecule has 21 heavy (non-hydrogen) atoms. The molecule has 1 rings (SSSR count). The number of halogens is 1. The number of aromatic nitrogens is 1. The molecule has 0 aliphatic heterocycles. The van der Waals surface area contributed by atoms with Crippen molar-refractivity contribution in [3.8, 4) is 0 Å². The Bertz CT molecular complexity index is 398. The summed E-state index contributed by atoms with van der Waals surface area (Å²) in [7, 11) is 0. The summed E-state index contributed by atoms with van der Waals surface area (Å²) in [5.74, 6) is 2.86. The lowest BCUT2D eigenvalue weighted by Crippen LogP contribution is -2.37. The van der Waals surface area contributed by atoms with Crippen molar-refractivity contribution in [1.29, 1.82) is 0 Å². The van der Waals surface area contributed by atoms with Gasteiger partial charge < -0.3 is 15.2 Å². The summed E-state index contributed by atoms with van der Waals surface area (Å²) in [4.78, 5) is 4.50. The van der Waals surface area contributed by atoms with Crippen LogP contribution in [0.25, 0.3) is 0 Å². The van der Waals surface area contributed by atoms with Gasteiger partial charge in [-0.05, 0) is 38.2 Å². The summed E-state index contributed by atoms with van der Waals surface area (Å²) in [6.07, 6.45) is 5.42. The van der Waals surface area contributed by atoms with Gasteiger partial charge in [0.05, 0.1) is 5.69 Å². The van der Waals surface area contributed by atoms with Gasteiger partial charge in [-0.2, -0.15) is 11.8 Å². The highest BCUT2D eigenvalue weighted by Crippen LogP contribution is 2.05. The molecule has 0 radical (unpaired) electrons. The van der Waals surface area contributed by atoms with E-state index in [1.165, 1.54) is 12.2 Å². The number of nitrogens with one attached hydrogen (secondary N) is 2. The lowest BCUT2D eigenvalue weighted by atomic mass is 10.3. The summed E-state index contributed by atoms with van der Waals surface area (Å²) in [6.45, 7) is 6.45. The molecule has 7 heteroatoms. The molecule has 0 aliphatic carbocycles. The first-order valence-electron chi connectivity index (χ1n) is 7.25. The number of guanidine groups is 1. The number of aliphatic imine (C=N–C) groups is 1. The minimum absolute atomic E-state index is 0. The second-order valence-electron chi connectivity index (χ2n) is 4.46. The van der Waals surface area contributed by atoms with E-state index in [0.717, 1.165) is 43.3 Å². The fourth-order valence-corrected chi connectivity index (χ4v) is 2.17. The second-order valence-corrected chi connectivity index (χ2v) is 5.45. The first-order chi connectivity index (χ1) is 9.80. The van der Waals surface area contributed by atoms with Crippen LogP contribution >= 0.6 is 35.7 Å². The smallest absolute Gasteiger partial charge is 0.191 e. The van der Waals surface area contributed by atoms with E-state index in [2.05, 4.69) is 40.9 Å². The molecule has 0 unspecified atom stereocenters. The van der Waals surface area contributed by atoms with E-state index in [4.69, 9.17) is 4.52 Å². The molecule has 2 N–H and O–H groups in total. The average Bonchev–Trinajstić information content (AvgIpc) is 2.92. The standard InChI is InChI=1S/C14H26N4OS.HI/c1-4-12-10-13(19-18-12)11-17-14(15-5-2)16-8-6-7-9-20-3;/h10H,4-9,11H2,1-3H3,(H2,15,16,17);1H. The molecule has 1 heterocycles. The molecular formula is C14H27IN4OS. The van der Waals surface area contributed by atoms with Crippen LogP contribution in [0.5, 0.6) is 0 Å². The molecule has 0 atom stereocenters. The van der Waals surface area contributed by atoms with Crippen LogP contribution in [0.4, 0.5) is 0 Å². The third-order valence-corrected chi connectivity index (χ3v) is 3.47. The zero-order valence-corrected chi connectivity index (χ0v) is 16.3. The number of rotatable bonds is 9. The topological polar surface area (TPSA) is 62.5 Å². The lowest BCUT2D eigenvalue weighted by Gasteiger charge is -2.10. The van der Waals surface area contributed by atoms with Crippen molar-refractivity contribution in [3.05, 3.63) is 17.5 Å². The van der Waals surface area contributed by atoms with E-state index in [1.807, 2.05) is 17.8 Å². The highest BCUT2D eigenvalue weighted by atomic mass is 127. The van der Waals surface area contributed by atoms with E-state index < -0.39 is 0 Å². The molecular weight excluding hydrogens is 399 g/mol. The number of unbranched alkanes of at least 4 members (excludes halogenated alkanes) is 1. The van der Waals surface area contributed by atoms with Crippen molar-refractivity contribution in [1.82, 2.24) is 15.8 Å². The van der Waals surface area contributed by atoms with Gasteiger partial charge in [-0.25, -0.2) is 4.99 Å². The zero-order valence-electron chi connectivity index (χ0n) is 13.1. The predicted octanol–water partition coefficient (Wildman–Crippen LogP) is 3.05. The zero-order chi connectivity index (χ0) is 14.6. The Labute approximate surface area is 149 Å².